The van der Waals surface area contributed by atoms with Gasteiger partial charge in [0.25, 0.3) is 5.91 Å². The van der Waals surface area contributed by atoms with Crippen LogP contribution >= 0.6 is 0 Å². The highest BCUT2D eigenvalue weighted by atomic mass is 19.1. The average Bonchev–Trinajstić information content (AvgIpc) is 2.92. The minimum Gasteiger partial charge on any atom is -0.347 e. The third kappa shape index (κ3) is 5.61. The highest BCUT2D eigenvalue weighted by molar-refractivity contribution is 6.02. The summed E-state index contributed by atoms with van der Waals surface area (Å²) < 4.78 is 13.8. The molecule has 3 aromatic carbocycles. The first-order chi connectivity index (χ1) is 17.1. The Morgan fingerprint density at radius 3 is 2.03 bits per heavy atom. The number of hydrogen-bond donors (Lipinski definition) is 1. The molecule has 0 fully saturated rings. The van der Waals surface area contributed by atoms with Crippen molar-refractivity contribution in [3.05, 3.63) is 121 Å². The standard InChI is InChI=1S/C29H26FN3O2/c1-21(22-9-4-2-5-10-22)32-29(35)28(25-13-8-18-31-20-25)33(27(34)19-30)26-16-14-24(15-17-26)23-11-6-3-7-12-23/h2-18,20-21,28H,19H2,1H3,(H,32,35)/t21-,28?/m0/s1. The molecule has 0 saturated carbocycles. The van der Waals surface area contributed by atoms with Gasteiger partial charge >= 0.3 is 0 Å². The molecular formula is C29H26FN3O2. The maximum Gasteiger partial charge on any atom is 0.259 e. The van der Waals surface area contributed by atoms with E-state index in [-0.39, 0.29) is 6.04 Å². The largest absolute Gasteiger partial charge is 0.347 e. The van der Waals surface area contributed by atoms with E-state index in [4.69, 9.17) is 0 Å². The van der Waals surface area contributed by atoms with E-state index in [1.54, 1.807) is 30.5 Å². The van der Waals surface area contributed by atoms with Crippen LogP contribution in [0.1, 0.15) is 30.1 Å². The number of rotatable bonds is 8. The summed E-state index contributed by atoms with van der Waals surface area (Å²) in [7, 11) is 0. The van der Waals surface area contributed by atoms with Crippen molar-refractivity contribution in [2.75, 3.05) is 11.6 Å². The third-order valence-corrected chi connectivity index (χ3v) is 5.80. The Balaban J connectivity index is 1.71. The molecule has 0 bridgehead atoms. The second-order valence-corrected chi connectivity index (χ2v) is 8.14. The number of benzene rings is 3. The van der Waals surface area contributed by atoms with Crippen LogP contribution in [0.25, 0.3) is 11.1 Å². The zero-order chi connectivity index (χ0) is 24.6. The molecule has 6 heteroatoms. The quantitative estimate of drug-likeness (QED) is 0.363. The first-order valence-corrected chi connectivity index (χ1v) is 11.4. The van der Waals surface area contributed by atoms with Gasteiger partial charge in [0.05, 0.1) is 6.04 Å². The molecule has 1 heterocycles. The van der Waals surface area contributed by atoms with Crippen molar-refractivity contribution in [2.24, 2.45) is 0 Å². The van der Waals surface area contributed by atoms with Crippen LogP contribution in [-0.2, 0) is 9.59 Å². The number of amides is 2. The van der Waals surface area contributed by atoms with Crippen molar-refractivity contribution < 1.29 is 14.0 Å². The van der Waals surface area contributed by atoms with Gasteiger partial charge in [0.1, 0.15) is 6.04 Å². The predicted molar refractivity (Wildman–Crippen MR) is 135 cm³/mol. The fourth-order valence-electron chi connectivity index (χ4n) is 4.02. The highest BCUT2D eigenvalue weighted by Crippen LogP contribution is 2.31. The first-order valence-electron chi connectivity index (χ1n) is 11.4. The molecule has 1 aromatic heterocycles. The zero-order valence-corrected chi connectivity index (χ0v) is 19.3. The molecule has 4 rings (SSSR count). The van der Waals surface area contributed by atoms with Crippen LogP contribution in [0, 0.1) is 0 Å². The Bertz CT molecular complexity index is 1250. The molecule has 2 amide bonds. The summed E-state index contributed by atoms with van der Waals surface area (Å²) in [6, 6.07) is 28.5. The number of alkyl halides is 1. The molecule has 0 aliphatic heterocycles. The molecular weight excluding hydrogens is 441 g/mol. The van der Waals surface area contributed by atoms with Crippen molar-refractivity contribution in [1.29, 1.82) is 0 Å². The number of anilines is 1. The fraction of sp³-hybridized carbons (Fsp3) is 0.138. The van der Waals surface area contributed by atoms with Crippen LogP contribution < -0.4 is 10.2 Å². The van der Waals surface area contributed by atoms with Crippen molar-refractivity contribution >= 4 is 17.5 Å². The molecule has 1 unspecified atom stereocenters. The lowest BCUT2D eigenvalue weighted by atomic mass is 10.0. The number of pyridine rings is 1. The smallest absolute Gasteiger partial charge is 0.259 e. The van der Waals surface area contributed by atoms with E-state index in [9.17, 15) is 14.0 Å². The van der Waals surface area contributed by atoms with Crippen LogP contribution in [0.15, 0.2) is 109 Å². The first kappa shape index (κ1) is 23.8. The van der Waals surface area contributed by atoms with Crippen LogP contribution in [0.4, 0.5) is 10.1 Å². The zero-order valence-electron chi connectivity index (χ0n) is 19.3. The van der Waals surface area contributed by atoms with E-state index in [1.807, 2.05) is 79.7 Å². The van der Waals surface area contributed by atoms with Crippen molar-refractivity contribution in [2.45, 2.75) is 19.0 Å². The number of aromatic nitrogens is 1. The number of carbonyl (C=O) groups excluding carboxylic acids is 2. The summed E-state index contributed by atoms with van der Waals surface area (Å²) in [5, 5.41) is 2.98. The van der Waals surface area contributed by atoms with Gasteiger partial charge in [0.2, 0.25) is 5.91 Å². The summed E-state index contributed by atoms with van der Waals surface area (Å²) in [5.41, 5.74) is 3.78. The van der Waals surface area contributed by atoms with Crippen LogP contribution in [0.5, 0.6) is 0 Å². The lowest BCUT2D eigenvalue weighted by Crippen LogP contribution is -2.45. The summed E-state index contributed by atoms with van der Waals surface area (Å²) in [5.74, 6) is -1.24. The Kier molecular flexibility index (Phi) is 7.63. The lowest BCUT2D eigenvalue weighted by molar-refractivity contribution is -0.127. The molecule has 0 saturated heterocycles. The highest BCUT2D eigenvalue weighted by Gasteiger charge is 2.33. The maximum atomic E-state index is 13.8. The van der Waals surface area contributed by atoms with Gasteiger partial charge in [-0.1, -0.05) is 78.9 Å². The molecule has 2 atom stereocenters. The maximum absolute atomic E-state index is 13.8. The van der Waals surface area contributed by atoms with Gasteiger partial charge in [0, 0.05) is 23.6 Å². The lowest BCUT2D eigenvalue weighted by Gasteiger charge is -2.31. The summed E-state index contributed by atoms with van der Waals surface area (Å²) in [6.45, 7) is 0.627. The molecule has 0 radical (unpaired) electrons. The van der Waals surface area contributed by atoms with Gasteiger partial charge in [-0.2, -0.15) is 0 Å². The number of nitrogens with one attached hydrogen (secondary N) is 1. The Morgan fingerprint density at radius 2 is 1.43 bits per heavy atom. The van der Waals surface area contributed by atoms with E-state index in [2.05, 4.69) is 10.3 Å². The van der Waals surface area contributed by atoms with Gasteiger partial charge in [-0.15, -0.1) is 0 Å². The van der Waals surface area contributed by atoms with Gasteiger partial charge < -0.3 is 5.32 Å². The molecule has 0 aliphatic carbocycles. The second-order valence-electron chi connectivity index (χ2n) is 8.14. The third-order valence-electron chi connectivity index (χ3n) is 5.80. The molecule has 35 heavy (non-hydrogen) atoms. The van der Waals surface area contributed by atoms with E-state index in [0.717, 1.165) is 16.7 Å². The molecule has 1 N–H and O–H groups in total. The number of carbonyl (C=O) groups is 2. The van der Waals surface area contributed by atoms with Crippen molar-refractivity contribution in [3.63, 3.8) is 0 Å². The molecule has 0 spiro atoms. The molecule has 5 nitrogen and oxygen atoms in total. The van der Waals surface area contributed by atoms with Gasteiger partial charge in [0.15, 0.2) is 6.67 Å². The molecule has 0 aliphatic rings. The van der Waals surface area contributed by atoms with E-state index < -0.39 is 24.5 Å². The Morgan fingerprint density at radius 1 is 0.829 bits per heavy atom. The predicted octanol–water partition coefficient (Wildman–Crippen LogP) is 5.67. The summed E-state index contributed by atoms with van der Waals surface area (Å²) >= 11 is 0. The van der Waals surface area contributed by atoms with Crippen LogP contribution in [0.3, 0.4) is 0 Å². The Hall–Kier alpha value is -4.32. The van der Waals surface area contributed by atoms with Gasteiger partial charge in [-0.25, -0.2) is 4.39 Å². The summed E-state index contributed by atoms with van der Waals surface area (Å²) in [6.07, 6.45) is 3.11. The fourth-order valence-corrected chi connectivity index (χ4v) is 4.02. The normalized spacial score (nSPS) is 12.4. The summed E-state index contributed by atoms with van der Waals surface area (Å²) in [4.78, 5) is 31.8. The van der Waals surface area contributed by atoms with Crippen molar-refractivity contribution in [1.82, 2.24) is 10.3 Å². The minimum atomic E-state index is -1.24. The van der Waals surface area contributed by atoms with Crippen LogP contribution in [0.2, 0.25) is 0 Å². The number of nitrogens with zero attached hydrogens (tertiary/aromatic N) is 2. The van der Waals surface area contributed by atoms with Gasteiger partial charge in [-0.3, -0.25) is 19.5 Å². The van der Waals surface area contributed by atoms with E-state index >= 15 is 0 Å². The number of hydrogen-bond acceptors (Lipinski definition) is 3. The monoisotopic (exact) mass is 467 g/mol. The SMILES string of the molecule is C[C@H](NC(=O)C(c1cccnc1)N(C(=O)CF)c1ccc(-c2ccccc2)cc1)c1ccccc1. The van der Waals surface area contributed by atoms with E-state index in [1.165, 1.54) is 11.1 Å². The average molecular weight is 468 g/mol. The van der Waals surface area contributed by atoms with Gasteiger partial charge in [-0.05, 0) is 41.8 Å². The number of halogens is 1. The second kappa shape index (κ2) is 11.2. The topological polar surface area (TPSA) is 62.3 Å². The van der Waals surface area contributed by atoms with Crippen LogP contribution in [-0.4, -0.2) is 23.5 Å². The minimum absolute atomic E-state index is 0.314. The van der Waals surface area contributed by atoms with Crippen molar-refractivity contribution in [3.8, 4) is 11.1 Å². The van der Waals surface area contributed by atoms with E-state index in [0.29, 0.717) is 11.3 Å². The Labute approximate surface area is 204 Å². The molecule has 4 aromatic rings. The molecule has 176 valence electrons.